The summed E-state index contributed by atoms with van der Waals surface area (Å²) in [6.45, 7) is 3.28. The largest absolute Gasteiger partial charge is 0.484 e. The van der Waals surface area contributed by atoms with E-state index in [0.29, 0.717) is 13.1 Å². The van der Waals surface area contributed by atoms with E-state index in [-0.39, 0.29) is 6.42 Å². The van der Waals surface area contributed by atoms with Crippen LogP contribution >= 0.6 is 0 Å². The molecule has 0 unspecified atom stereocenters. The van der Waals surface area contributed by atoms with Crippen LogP contribution in [0.3, 0.4) is 0 Å². The molecular formula is C13H17NO3. The lowest BCUT2D eigenvalue weighted by Crippen LogP contribution is -2.64. The van der Waals surface area contributed by atoms with Gasteiger partial charge in [-0.2, -0.15) is 0 Å². The molecule has 0 saturated carbocycles. The Labute approximate surface area is 101 Å². The first-order valence-corrected chi connectivity index (χ1v) is 5.84. The number of rotatable bonds is 5. The van der Waals surface area contributed by atoms with E-state index in [1.807, 2.05) is 24.3 Å². The molecule has 1 aromatic carbocycles. The minimum atomic E-state index is -0.823. The molecule has 0 aliphatic carbocycles. The SMILES string of the molecule is CCc1ccc(OC2(CC(=O)O)CNC2)cc1. The summed E-state index contributed by atoms with van der Waals surface area (Å²) in [5.74, 6) is -0.0818. The topological polar surface area (TPSA) is 58.6 Å². The van der Waals surface area contributed by atoms with Gasteiger partial charge in [0.25, 0.3) is 0 Å². The van der Waals surface area contributed by atoms with Crippen molar-refractivity contribution < 1.29 is 14.6 Å². The molecule has 1 aliphatic heterocycles. The third kappa shape index (κ3) is 2.77. The van der Waals surface area contributed by atoms with Crippen LogP contribution in [0, 0.1) is 0 Å². The van der Waals surface area contributed by atoms with Gasteiger partial charge >= 0.3 is 5.97 Å². The molecule has 0 aromatic heterocycles. The fourth-order valence-corrected chi connectivity index (χ4v) is 1.96. The van der Waals surface area contributed by atoms with Gasteiger partial charge in [0.05, 0.1) is 6.42 Å². The molecule has 4 heteroatoms. The number of ether oxygens (including phenoxy) is 1. The highest BCUT2D eigenvalue weighted by Crippen LogP contribution is 2.25. The quantitative estimate of drug-likeness (QED) is 0.811. The Bertz CT molecular complexity index is 396. The average molecular weight is 235 g/mol. The van der Waals surface area contributed by atoms with Crippen molar-refractivity contribution in [3.63, 3.8) is 0 Å². The molecule has 1 heterocycles. The summed E-state index contributed by atoms with van der Waals surface area (Å²) in [5.41, 5.74) is 0.677. The van der Waals surface area contributed by atoms with Crippen molar-refractivity contribution >= 4 is 5.97 Å². The number of carbonyl (C=O) groups is 1. The molecule has 2 rings (SSSR count). The Morgan fingerprint density at radius 1 is 1.41 bits per heavy atom. The summed E-state index contributed by atoms with van der Waals surface area (Å²) in [7, 11) is 0. The second-order valence-corrected chi connectivity index (χ2v) is 4.46. The van der Waals surface area contributed by atoms with Crippen molar-refractivity contribution in [2.45, 2.75) is 25.4 Å². The number of hydrogen-bond acceptors (Lipinski definition) is 3. The van der Waals surface area contributed by atoms with E-state index in [2.05, 4.69) is 12.2 Å². The van der Waals surface area contributed by atoms with Crippen molar-refractivity contribution in [2.75, 3.05) is 13.1 Å². The summed E-state index contributed by atoms with van der Waals surface area (Å²) < 4.78 is 5.80. The second kappa shape index (κ2) is 4.75. The van der Waals surface area contributed by atoms with Gasteiger partial charge in [-0.15, -0.1) is 0 Å². The smallest absolute Gasteiger partial charge is 0.307 e. The number of carboxylic acid groups (broad SMARTS) is 1. The van der Waals surface area contributed by atoms with E-state index in [0.717, 1.165) is 12.2 Å². The van der Waals surface area contributed by atoms with Gasteiger partial charge in [0, 0.05) is 13.1 Å². The predicted octanol–water partition coefficient (Wildman–Crippen LogP) is 1.44. The van der Waals surface area contributed by atoms with Crippen LogP contribution in [-0.2, 0) is 11.2 Å². The van der Waals surface area contributed by atoms with Crippen LogP contribution in [0.15, 0.2) is 24.3 Å². The maximum absolute atomic E-state index is 10.8. The Hall–Kier alpha value is -1.55. The molecule has 1 aliphatic rings. The molecule has 92 valence electrons. The maximum atomic E-state index is 10.8. The molecule has 1 aromatic rings. The summed E-state index contributed by atoms with van der Waals surface area (Å²) in [4.78, 5) is 10.8. The van der Waals surface area contributed by atoms with Gasteiger partial charge in [-0.25, -0.2) is 0 Å². The summed E-state index contributed by atoms with van der Waals surface area (Å²) in [6, 6.07) is 7.83. The van der Waals surface area contributed by atoms with Crippen molar-refractivity contribution in [1.82, 2.24) is 5.32 Å². The minimum absolute atomic E-state index is 0.0372. The van der Waals surface area contributed by atoms with Crippen molar-refractivity contribution in [1.29, 1.82) is 0 Å². The standard InChI is InChI=1S/C13H17NO3/c1-2-10-3-5-11(6-4-10)17-13(7-12(15)16)8-14-9-13/h3-6,14H,2,7-9H2,1H3,(H,15,16). The molecular weight excluding hydrogens is 218 g/mol. The Balaban J connectivity index is 2.04. The normalized spacial score (nSPS) is 17.2. The number of hydrogen-bond donors (Lipinski definition) is 2. The zero-order valence-electron chi connectivity index (χ0n) is 9.90. The number of benzene rings is 1. The molecule has 17 heavy (non-hydrogen) atoms. The predicted molar refractivity (Wildman–Crippen MR) is 64.3 cm³/mol. The van der Waals surface area contributed by atoms with Crippen LogP contribution in [0.1, 0.15) is 18.9 Å². The first-order valence-electron chi connectivity index (χ1n) is 5.84. The zero-order valence-corrected chi connectivity index (χ0v) is 9.90. The van der Waals surface area contributed by atoms with Gasteiger partial charge in [-0.3, -0.25) is 4.79 Å². The van der Waals surface area contributed by atoms with Crippen LogP contribution < -0.4 is 10.1 Å². The first-order chi connectivity index (χ1) is 8.13. The lowest BCUT2D eigenvalue weighted by Gasteiger charge is -2.41. The summed E-state index contributed by atoms with van der Waals surface area (Å²) >= 11 is 0. The molecule has 0 radical (unpaired) electrons. The summed E-state index contributed by atoms with van der Waals surface area (Å²) in [5, 5.41) is 11.9. The molecule has 0 atom stereocenters. The van der Waals surface area contributed by atoms with Crippen LogP contribution in [0.2, 0.25) is 0 Å². The molecule has 0 spiro atoms. The number of nitrogens with one attached hydrogen (secondary N) is 1. The number of aryl methyl sites for hydroxylation is 1. The Morgan fingerprint density at radius 2 is 2.06 bits per heavy atom. The van der Waals surface area contributed by atoms with E-state index in [1.165, 1.54) is 5.56 Å². The van der Waals surface area contributed by atoms with Crippen LogP contribution in [0.25, 0.3) is 0 Å². The second-order valence-electron chi connectivity index (χ2n) is 4.46. The van der Waals surface area contributed by atoms with Gasteiger partial charge in [0.2, 0.25) is 0 Å². The van der Waals surface area contributed by atoms with Crippen LogP contribution in [0.5, 0.6) is 5.75 Å². The van der Waals surface area contributed by atoms with Gasteiger partial charge in [0.15, 0.2) is 0 Å². The average Bonchev–Trinajstić information content (AvgIpc) is 2.26. The van der Waals surface area contributed by atoms with Crippen molar-refractivity contribution in [2.24, 2.45) is 0 Å². The van der Waals surface area contributed by atoms with E-state index in [1.54, 1.807) is 0 Å². The minimum Gasteiger partial charge on any atom is -0.484 e. The monoisotopic (exact) mass is 235 g/mol. The fraction of sp³-hybridized carbons (Fsp3) is 0.462. The molecule has 0 bridgehead atoms. The Kier molecular flexibility index (Phi) is 3.33. The first kappa shape index (κ1) is 11.9. The highest BCUT2D eigenvalue weighted by molar-refractivity contribution is 5.68. The highest BCUT2D eigenvalue weighted by atomic mass is 16.5. The van der Waals surface area contributed by atoms with E-state index in [4.69, 9.17) is 9.84 Å². The third-order valence-corrected chi connectivity index (χ3v) is 3.03. The van der Waals surface area contributed by atoms with Gasteiger partial charge in [0.1, 0.15) is 11.4 Å². The third-order valence-electron chi connectivity index (χ3n) is 3.03. The van der Waals surface area contributed by atoms with Crippen molar-refractivity contribution in [3.8, 4) is 5.75 Å². The van der Waals surface area contributed by atoms with Crippen LogP contribution in [0.4, 0.5) is 0 Å². The van der Waals surface area contributed by atoms with E-state index in [9.17, 15) is 4.79 Å². The summed E-state index contributed by atoms with van der Waals surface area (Å²) in [6.07, 6.45) is 1.03. The van der Waals surface area contributed by atoms with Gasteiger partial charge in [-0.05, 0) is 24.1 Å². The zero-order chi connectivity index (χ0) is 12.3. The molecule has 1 saturated heterocycles. The maximum Gasteiger partial charge on any atom is 0.307 e. The van der Waals surface area contributed by atoms with Crippen LogP contribution in [-0.4, -0.2) is 29.8 Å². The number of aliphatic carboxylic acids is 1. The molecule has 0 amide bonds. The lowest BCUT2D eigenvalue weighted by molar-refractivity contribution is -0.143. The van der Waals surface area contributed by atoms with E-state index >= 15 is 0 Å². The van der Waals surface area contributed by atoms with E-state index < -0.39 is 11.6 Å². The molecule has 2 N–H and O–H groups in total. The van der Waals surface area contributed by atoms with Gasteiger partial charge in [-0.1, -0.05) is 19.1 Å². The molecule has 1 fully saturated rings. The number of carboxylic acids is 1. The molecule has 4 nitrogen and oxygen atoms in total. The fourth-order valence-electron chi connectivity index (χ4n) is 1.96. The van der Waals surface area contributed by atoms with Gasteiger partial charge < -0.3 is 15.2 Å². The Morgan fingerprint density at radius 3 is 2.47 bits per heavy atom. The lowest BCUT2D eigenvalue weighted by atomic mass is 9.92. The highest BCUT2D eigenvalue weighted by Gasteiger charge is 2.41. The van der Waals surface area contributed by atoms with Crippen molar-refractivity contribution in [3.05, 3.63) is 29.8 Å².